The fraction of sp³-hybridized carbons (Fsp3) is 0.583. The molecule has 0 unspecified atom stereocenters. The predicted molar refractivity (Wildman–Crippen MR) is 64.3 cm³/mol. The van der Waals surface area contributed by atoms with Crippen LogP contribution in [-0.2, 0) is 6.54 Å². The number of hydrogen-bond donors (Lipinski definition) is 1. The highest BCUT2D eigenvalue weighted by atomic mass is 16.2. The Morgan fingerprint density at radius 2 is 2.00 bits per heavy atom. The van der Waals surface area contributed by atoms with Crippen LogP contribution in [0.2, 0.25) is 0 Å². The average Bonchev–Trinajstić information content (AvgIpc) is 3.00. The zero-order valence-electron chi connectivity index (χ0n) is 10.2. The highest BCUT2D eigenvalue weighted by Crippen LogP contribution is 2.14. The molecule has 6 nitrogen and oxygen atoms in total. The van der Waals surface area contributed by atoms with E-state index in [9.17, 15) is 9.59 Å². The van der Waals surface area contributed by atoms with Crippen molar-refractivity contribution < 1.29 is 9.59 Å². The number of aryl methyl sites for hydroxylation is 1. The van der Waals surface area contributed by atoms with Gasteiger partial charge >= 0.3 is 0 Å². The van der Waals surface area contributed by atoms with Crippen LogP contribution in [0.5, 0.6) is 0 Å². The molecule has 0 bridgehead atoms. The van der Waals surface area contributed by atoms with Crippen molar-refractivity contribution in [3.63, 3.8) is 0 Å². The first-order chi connectivity index (χ1) is 8.75. The minimum Gasteiger partial charge on any atom is -0.351 e. The Bertz CT molecular complexity index is 488. The zero-order chi connectivity index (χ0) is 12.5. The third-order valence-electron chi connectivity index (χ3n) is 3.46. The molecule has 0 saturated carbocycles. The smallest absolute Gasteiger partial charge is 0.274 e. The summed E-state index contributed by atoms with van der Waals surface area (Å²) < 4.78 is 1.64. The number of nitrogens with one attached hydrogen (secondary N) is 1. The van der Waals surface area contributed by atoms with E-state index in [1.807, 2.05) is 0 Å². The molecule has 0 aliphatic carbocycles. The number of carbonyl (C=O) groups is 2. The van der Waals surface area contributed by atoms with E-state index in [-0.39, 0.29) is 11.8 Å². The molecule has 2 aliphatic heterocycles. The van der Waals surface area contributed by atoms with Gasteiger partial charge in [-0.15, -0.1) is 0 Å². The van der Waals surface area contributed by atoms with Crippen LogP contribution in [-0.4, -0.2) is 46.1 Å². The second-order valence-corrected chi connectivity index (χ2v) is 4.75. The minimum atomic E-state index is -0.138. The molecule has 3 rings (SSSR count). The van der Waals surface area contributed by atoms with E-state index < -0.39 is 0 Å². The summed E-state index contributed by atoms with van der Waals surface area (Å²) >= 11 is 0. The molecule has 0 atom stereocenters. The number of fused-ring (bicyclic) bond motifs is 1. The Morgan fingerprint density at radius 3 is 2.78 bits per heavy atom. The van der Waals surface area contributed by atoms with Crippen LogP contribution in [0.15, 0.2) is 6.07 Å². The van der Waals surface area contributed by atoms with Gasteiger partial charge in [-0.25, -0.2) is 0 Å². The van der Waals surface area contributed by atoms with Crippen LogP contribution >= 0.6 is 0 Å². The molecule has 1 aromatic heterocycles. The van der Waals surface area contributed by atoms with Gasteiger partial charge in [0.2, 0.25) is 0 Å². The maximum atomic E-state index is 12.2. The summed E-state index contributed by atoms with van der Waals surface area (Å²) in [6, 6.07) is 1.61. The van der Waals surface area contributed by atoms with E-state index in [4.69, 9.17) is 0 Å². The van der Waals surface area contributed by atoms with Gasteiger partial charge in [0.15, 0.2) is 5.69 Å². The molecule has 96 valence electrons. The first-order valence-corrected chi connectivity index (χ1v) is 6.41. The number of rotatable bonds is 1. The van der Waals surface area contributed by atoms with E-state index in [2.05, 4.69) is 10.4 Å². The largest absolute Gasteiger partial charge is 0.351 e. The van der Waals surface area contributed by atoms with Gasteiger partial charge in [-0.05, 0) is 19.3 Å². The summed E-state index contributed by atoms with van der Waals surface area (Å²) in [6.45, 7) is 2.94. The second-order valence-electron chi connectivity index (χ2n) is 4.75. The maximum Gasteiger partial charge on any atom is 0.274 e. The third kappa shape index (κ3) is 1.87. The first-order valence-electron chi connectivity index (χ1n) is 6.41. The SMILES string of the molecule is O=C1NCCCn2nc(C(=O)N3CCCC3)cc21. The fourth-order valence-electron chi connectivity index (χ4n) is 2.48. The highest BCUT2D eigenvalue weighted by molar-refractivity contribution is 5.98. The molecular weight excluding hydrogens is 232 g/mol. The minimum absolute atomic E-state index is 0.0547. The summed E-state index contributed by atoms with van der Waals surface area (Å²) in [5, 5.41) is 7.07. The summed E-state index contributed by atoms with van der Waals surface area (Å²) in [5.41, 5.74) is 0.888. The number of amides is 2. The van der Waals surface area contributed by atoms with Gasteiger partial charge in [0, 0.05) is 32.2 Å². The van der Waals surface area contributed by atoms with Crippen molar-refractivity contribution in [3.05, 3.63) is 17.5 Å². The number of aromatic nitrogens is 2. The van der Waals surface area contributed by atoms with Gasteiger partial charge in [0.25, 0.3) is 11.8 Å². The van der Waals surface area contributed by atoms with Crippen LogP contribution in [0.1, 0.15) is 40.2 Å². The van der Waals surface area contributed by atoms with Crippen molar-refractivity contribution >= 4 is 11.8 Å². The lowest BCUT2D eigenvalue weighted by Gasteiger charge is -2.12. The Labute approximate surface area is 105 Å². The fourth-order valence-corrected chi connectivity index (χ4v) is 2.48. The second kappa shape index (κ2) is 4.44. The molecule has 2 amide bonds. The highest BCUT2D eigenvalue weighted by Gasteiger charge is 2.25. The summed E-state index contributed by atoms with van der Waals surface area (Å²) in [7, 11) is 0. The van der Waals surface area contributed by atoms with Crippen LogP contribution in [0.4, 0.5) is 0 Å². The molecule has 0 aromatic carbocycles. The van der Waals surface area contributed by atoms with Gasteiger partial charge in [-0.2, -0.15) is 5.10 Å². The van der Waals surface area contributed by atoms with Crippen LogP contribution < -0.4 is 5.32 Å². The summed E-state index contributed by atoms with van der Waals surface area (Å²) in [4.78, 5) is 25.7. The summed E-state index contributed by atoms with van der Waals surface area (Å²) in [6.07, 6.45) is 2.96. The number of likely N-dealkylation sites (tertiary alicyclic amines) is 1. The Morgan fingerprint density at radius 1 is 1.22 bits per heavy atom. The van der Waals surface area contributed by atoms with E-state index in [0.29, 0.717) is 24.5 Å². The standard InChI is InChI=1S/C12H16N4O2/c17-11-10-8-9(12(18)15-5-1-2-6-15)14-16(10)7-3-4-13-11/h8H,1-7H2,(H,13,17). The Balaban J connectivity index is 1.88. The van der Waals surface area contributed by atoms with E-state index in [1.54, 1.807) is 15.6 Å². The lowest BCUT2D eigenvalue weighted by Crippen LogP contribution is -2.28. The molecule has 0 radical (unpaired) electrons. The van der Waals surface area contributed by atoms with Crippen molar-refractivity contribution in [3.8, 4) is 0 Å². The van der Waals surface area contributed by atoms with Crippen molar-refractivity contribution in [1.82, 2.24) is 20.0 Å². The van der Waals surface area contributed by atoms with Gasteiger partial charge < -0.3 is 10.2 Å². The lowest BCUT2D eigenvalue weighted by atomic mass is 10.3. The molecule has 18 heavy (non-hydrogen) atoms. The molecular formula is C12H16N4O2. The number of carbonyl (C=O) groups excluding carboxylic acids is 2. The molecule has 1 N–H and O–H groups in total. The van der Waals surface area contributed by atoms with Crippen molar-refractivity contribution in [2.24, 2.45) is 0 Å². The average molecular weight is 248 g/mol. The predicted octanol–water partition coefficient (Wildman–Crippen LogP) is 0.253. The topological polar surface area (TPSA) is 67.2 Å². The van der Waals surface area contributed by atoms with E-state index in [1.165, 1.54) is 0 Å². The van der Waals surface area contributed by atoms with Gasteiger partial charge in [0.05, 0.1) is 0 Å². The van der Waals surface area contributed by atoms with Crippen LogP contribution in [0.3, 0.4) is 0 Å². The monoisotopic (exact) mass is 248 g/mol. The lowest BCUT2D eigenvalue weighted by molar-refractivity contribution is 0.0786. The molecule has 1 saturated heterocycles. The van der Waals surface area contributed by atoms with Crippen molar-refractivity contribution in [2.45, 2.75) is 25.8 Å². The molecule has 0 spiro atoms. The van der Waals surface area contributed by atoms with Gasteiger partial charge in [-0.3, -0.25) is 14.3 Å². The van der Waals surface area contributed by atoms with Crippen LogP contribution in [0.25, 0.3) is 0 Å². The first kappa shape index (κ1) is 11.3. The zero-order valence-corrected chi connectivity index (χ0v) is 10.2. The van der Waals surface area contributed by atoms with E-state index >= 15 is 0 Å². The molecule has 3 heterocycles. The third-order valence-corrected chi connectivity index (χ3v) is 3.46. The van der Waals surface area contributed by atoms with Crippen LogP contribution in [0, 0.1) is 0 Å². The number of nitrogens with zero attached hydrogens (tertiary/aromatic N) is 3. The Hall–Kier alpha value is -1.85. The Kier molecular flexibility index (Phi) is 2.77. The molecule has 1 aromatic rings. The van der Waals surface area contributed by atoms with Crippen molar-refractivity contribution in [2.75, 3.05) is 19.6 Å². The quantitative estimate of drug-likeness (QED) is 0.774. The van der Waals surface area contributed by atoms with E-state index in [0.717, 1.165) is 32.4 Å². The normalized spacial score (nSPS) is 19.3. The summed E-state index contributed by atoms with van der Waals surface area (Å²) in [5.74, 6) is -0.193. The van der Waals surface area contributed by atoms with Crippen molar-refractivity contribution in [1.29, 1.82) is 0 Å². The molecule has 6 heteroatoms. The van der Waals surface area contributed by atoms with Gasteiger partial charge in [0.1, 0.15) is 5.69 Å². The number of hydrogen-bond acceptors (Lipinski definition) is 3. The molecule has 1 fully saturated rings. The van der Waals surface area contributed by atoms with Gasteiger partial charge in [-0.1, -0.05) is 0 Å². The molecule has 2 aliphatic rings. The maximum absolute atomic E-state index is 12.2.